The number of amides is 1. The van der Waals surface area contributed by atoms with E-state index in [1.165, 1.54) is 0 Å². The number of carbonyl (C=O) groups is 1. The van der Waals surface area contributed by atoms with Crippen LogP contribution in [-0.2, 0) is 9.63 Å². The highest BCUT2D eigenvalue weighted by Crippen LogP contribution is 2.40. The minimum absolute atomic E-state index is 0.0613. The molecular formula is C7H7F6NO2. The third-order valence-corrected chi connectivity index (χ3v) is 1.90. The number of nitrogens with zero attached hydrogens (tertiary/aromatic N) is 1. The number of carbonyl (C=O) groups excluding carboxylic acids is 1. The first-order valence-corrected chi connectivity index (χ1v) is 4.22. The summed E-state index contributed by atoms with van der Waals surface area (Å²) < 4.78 is 72.6. The number of halogens is 6. The van der Waals surface area contributed by atoms with Gasteiger partial charge in [0.1, 0.15) is 0 Å². The molecule has 1 rings (SSSR count). The van der Waals surface area contributed by atoms with Crippen molar-refractivity contribution in [2.24, 2.45) is 5.92 Å². The summed E-state index contributed by atoms with van der Waals surface area (Å²) in [4.78, 5) is 15.4. The Morgan fingerprint density at radius 2 is 1.62 bits per heavy atom. The van der Waals surface area contributed by atoms with E-state index in [-0.39, 0.29) is 24.6 Å². The minimum atomic E-state index is -5.67. The first-order valence-electron chi connectivity index (χ1n) is 4.22. The summed E-state index contributed by atoms with van der Waals surface area (Å²) in [5.41, 5.74) is 0. The van der Waals surface area contributed by atoms with E-state index in [1.54, 1.807) is 0 Å². The molecule has 9 heteroatoms. The third kappa shape index (κ3) is 2.77. The lowest BCUT2D eigenvalue weighted by atomic mass is 10.1. The van der Waals surface area contributed by atoms with Crippen LogP contribution in [0.3, 0.4) is 0 Å². The monoisotopic (exact) mass is 251 g/mol. The van der Waals surface area contributed by atoms with Gasteiger partial charge in [0.2, 0.25) is 5.92 Å². The second-order valence-electron chi connectivity index (χ2n) is 3.14. The van der Waals surface area contributed by atoms with E-state index in [1.807, 2.05) is 0 Å². The van der Waals surface area contributed by atoms with Crippen molar-refractivity contribution in [3.8, 4) is 0 Å². The standard InChI is InChI=1S/C7H7F6NO2/c8-6(9,10)4(7(11,12)13)5(15)14-2-1-3-16-14/h4H,1-3H2. The van der Waals surface area contributed by atoms with Crippen molar-refractivity contribution in [1.82, 2.24) is 5.06 Å². The quantitative estimate of drug-likeness (QED) is 0.666. The zero-order valence-electron chi connectivity index (χ0n) is 7.73. The van der Waals surface area contributed by atoms with Crippen LogP contribution in [0.5, 0.6) is 0 Å². The van der Waals surface area contributed by atoms with E-state index >= 15 is 0 Å². The van der Waals surface area contributed by atoms with Crippen LogP contribution in [0.4, 0.5) is 26.3 Å². The highest BCUT2D eigenvalue weighted by Gasteiger charge is 2.62. The van der Waals surface area contributed by atoms with Gasteiger partial charge >= 0.3 is 12.4 Å². The maximum absolute atomic E-state index is 12.1. The largest absolute Gasteiger partial charge is 0.409 e. The van der Waals surface area contributed by atoms with Gasteiger partial charge in [0, 0.05) is 0 Å². The Balaban J connectivity index is 2.89. The average molecular weight is 251 g/mol. The molecule has 1 fully saturated rings. The molecule has 0 atom stereocenters. The SMILES string of the molecule is O=C(C(C(F)(F)F)C(F)(F)F)N1CCCO1. The molecule has 0 aromatic rings. The Labute approximate surface area is 85.9 Å². The Hall–Kier alpha value is -0.990. The summed E-state index contributed by atoms with van der Waals surface area (Å²) >= 11 is 0. The van der Waals surface area contributed by atoms with Crippen molar-refractivity contribution < 1.29 is 36.0 Å². The van der Waals surface area contributed by atoms with Gasteiger partial charge in [0.25, 0.3) is 5.91 Å². The summed E-state index contributed by atoms with van der Waals surface area (Å²) in [6.45, 7) is -0.324. The first kappa shape index (κ1) is 13.1. The third-order valence-electron chi connectivity index (χ3n) is 1.90. The molecule has 0 unspecified atom stereocenters. The van der Waals surface area contributed by atoms with Crippen LogP contribution < -0.4 is 0 Å². The summed E-state index contributed by atoms with van der Waals surface area (Å²) in [7, 11) is 0. The van der Waals surface area contributed by atoms with Crippen LogP contribution in [0, 0.1) is 5.92 Å². The van der Waals surface area contributed by atoms with Gasteiger partial charge in [-0.25, -0.2) is 5.06 Å². The van der Waals surface area contributed by atoms with Gasteiger partial charge in [-0.3, -0.25) is 9.63 Å². The van der Waals surface area contributed by atoms with Gasteiger partial charge in [-0.1, -0.05) is 0 Å². The van der Waals surface area contributed by atoms with Gasteiger partial charge in [0.15, 0.2) is 0 Å². The lowest BCUT2D eigenvalue weighted by Gasteiger charge is -2.25. The molecule has 94 valence electrons. The van der Waals surface area contributed by atoms with E-state index in [0.717, 1.165) is 0 Å². The normalized spacial score (nSPS) is 18.3. The molecule has 0 saturated carbocycles. The number of hydrogen-bond donors (Lipinski definition) is 0. The molecule has 0 spiro atoms. The van der Waals surface area contributed by atoms with Crippen molar-refractivity contribution in [1.29, 1.82) is 0 Å². The number of rotatable bonds is 1. The van der Waals surface area contributed by atoms with Gasteiger partial charge < -0.3 is 0 Å². The smallest absolute Gasteiger partial charge is 0.271 e. The van der Waals surface area contributed by atoms with E-state index in [0.29, 0.717) is 0 Å². The highest BCUT2D eigenvalue weighted by atomic mass is 19.4. The van der Waals surface area contributed by atoms with E-state index in [4.69, 9.17) is 0 Å². The molecule has 0 N–H and O–H groups in total. The molecule has 0 aliphatic carbocycles. The minimum Gasteiger partial charge on any atom is -0.271 e. The van der Waals surface area contributed by atoms with Crippen LogP contribution in [0.25, 0.3) is 0 Å². The molecule has 0 radical (unpaired) electrons. The summed E-state index contributed by atoms with van der Waals surface area (Å²) in [5.74, 6) is -6.13. The van der Waals surface area contributed by atoms with Gasteiger partial charge in [-0.2, -0.15) is 26.3 Å². The van der Waals surface area contributed by atoms with Crippen LogP contribution in [0.1, 0.15) is 6.42 Å². The molecule has 1 amide bonds. The maximum Gasteiger partial charge on any atom is 0.409 e. The average Bonchev–Trinajstić information content (AvgIpc) is 2.48. The Kier molecular flexibility index (Phi) is 3.36. The molecule has 0 aromatic carbocycles. The highest BCUT2D eigenvalue weighted by molar-refractivity contribution is 5.79. The van der Waals surface area contributed by atoms with Gasteiger partial charge in [0.05, 0.1) is 13.2 Å². The zero-order chi connectivity index (χ0) is 12.6. The van der Waals surface area contributed by atoms with Crippen molar-refractivity contribution >= 4 is 5.91 Å². The fraction of sp³-hybridized carbons (Fsp3) is 0.857. The van der Waals surface area contributed by atoms with E-state index in [9.17, 15) is 31.1 Å². The molecular weight excluding hydrogens is 244 g/mol. The lowest BCUT2D eigenvalue weighted by Crippen LogP contribution is -2.48. The van der Waals surface area contributed by atoms with Crippen molar-refractivity contribution in [2.75, 3.05) is 13.2 Å². The summed E-state index contributed by atoms with van der Waals surface area (Å²) in [6.07, 6.45) is -11.1. The molecule has 1 aliphatic heterocycles. The number of hydrogen-bond acceptors (Lipinski definition) is 2. The Morgan fingerprint density at radius 3 is 1.94 bits per heavy atom. The molecule has 16 heavy (non-hydrogen) atoms. The molecule has 1 heterocycles. The summed E-state index contributed by atoms with van der Waals surface area (Å²) in [6, 6.07) is 0. The molecule has 1 aliphatic rings. The van der Waals surface area contributed by atoms with Crippen LogP contribution >= 0.6 is 0 Å². The molecule has 0 bridgehead atoms. The lowest BCUT2D eigenvalue weighted by molar-refractivity contribution is -0.285. The van der Waals surface area contributed by atoms with Gasteiger partial charge in [-0.05, 0) is 6.42 Å². The molecule has 1 saturated heterocycles. The molecule has 0 aromatic heterocycles. The van der Waals surface area contributed by atoms with Crippen molar-refractivity contribution in [2.45, 2.75) is 18.8 Å². The predicted octanol–water partition coefficient (Wildman–Crippen LogP) is 1.89. The second kappa shape index (κ2) is 4.11. The Bertz CT molecular complexity index is 253. The van der Waals surface area contributed by atoms with Crippen molar-refractivity contribution in [3.63, 3.8) is 0 Å². The van der Waals surface area contributed by atoms with Crippen LogP contribution in [0.15, 0.2) is 0 Å². The predicted molar refractivity (Wildman–Crippen MR) is 37.9 cm³/mol. The Morgan fingerprint density at radius 1 is 1.12 bits per heavy atom. The zero-order valence-corrected chi connectivity index (χ0v) is 7.73. The molecule has 3 nitrogen and oxygen atoms in total. The van der Waals surface area contributed by atoms with Crippen LogP contribution in [0.2, 0.25) is 0 Å². The van der Waals surface area contributed by atoms with Crippen LogP contribution in [-0.4, -0.2) is 36.5 Å². The fourth-order valence-electron chi connectivity index (χ4n) is 1.23. The summed E-state index contributed by atoms with van der Waals surface area (Å²) in [5, 5.41) is 0.117. The fourth-order valence-corrected chi connectivity index (χ4v) is 1.23. The number of hydroxylamine groups is 2. The van der Waals surface area contributed by atoms with Gasteiger partial charge in [-0.15, -0.1) is 0 Å². The number of alkyl halides is 6. The van der Waals surface area contributed by atoms with E-state index in [2.05, 4.69) is 4.84 Å². The second-order valence-corrected chi connectivity index (χ2v) is 3.14. The van der Waals surface area contributed by atoms with E-state index < -0.39 is 24.2 Å². The maximum atomic E-state index is 12.1. The topological polar surface area (TPSA) is 29.5 Å². The van der Waals surface area contributed by atoms with Crippen molar-refractivity contribution in [3.05, 3.63) is 0 Å². The first-order chi connectivity index (χ1) is 7.14.